The minimum Gasteiger partial charge on any atom is -0.464 e. The summed E-state index contributed by atoms with van der Waals surface area (Å²) in [5.74, 6) is 0.203. The van der Waals surface area contributed by atoms with Gasteiger partial charge in [0.05, 0.1) is 23.2 Å². The summed E-state index contributed by atoms with van der Waals surface area (Å²) in [4.78, 5) is 35.9. The monoisotopic (exact) mass is 590 g/mol. The van der Waals surface area contributed by atoms with E-state index in [2.05, 4.69) is 9.71 Å². The van der Waals surface area contributed by atoms with Crippen molar-refractivity contribution < 1.29 is 22.4 Å². The van der Waals surface area contributed by atoms with Gasteiger partial charge in [-0.1, -0.05) is 41.5 Å². The molecule has 2 amide bonds. The predicted molar refractivity (Wildman–Crippen MR) is 158 cm³/mol. The lowest BCUT2D eigenvalue weighted by atomic mass is 10.1. The summed E-state index contributed by atoms with van der Waals surface area (Å²) >= 11 is 1.48. The quantitative estimate of drug-likeness (QED) is 0.262. The normalized spacial score (nSPS) is 12.9. The number of nitrogens with zero attached hydrogens (tertiary/aromatic N) is 3. The molecule has 0 saturated heterocycles. The maximum atomic E-state index is 13.9. The van der Waals surface area contributed by atoms with Gasteiger partial charge in [-0.2, -0.15) is 4.72 Å². The number of benzene rings is 1. The number of sulfonamides is 1. The van der Waals surface area contributed by atoms with Crippen LogP contribution in [0.3, 0.4) is 0 Å². The van der Waals surface area contributed by atoms with Crippen LogP contribution >= 0.6 is 11.3 Å². The van der Waals surface area contributed by atoms with Gasteiger partial charge in [-0.3, -0.25) is 14.6 Å². The first-order valence-electron chi connectivity index (χ1n) is 13.8. The summed E-state index contributed by atoms with van der Waals surface area (Å²) in [6.07, 6.45) is 3.33. The minimum absolute atomic E-state index is 0.0302. The first kappa shape index (κ1) is 31.8. The van der Waals surface area contributed by atoms with E-state index < -0.39 is 16.1 Å². The third kappa shape index (κ3) is 9.14. The molecule has 3 rings (SSSR count). The highest BCUT2D eigenvalue weighted by atomic mass is 32.2. The molecule has 1 atom stereocenters. The number of hydrogen-bond donors (Lipinski definition) is 1. The van der Waals surface area contributed by atoms with Crippen molar-refractivity contribution in [2.24, 2.45) is 17.8 Å². The van der Waals surface area contributed by atoms with Crippen LogP contribution in [-0.2, 0) is 26.2 Å². The molecule has 11 heteroatoms. The van der Waals surface area contributed by atoms with Gasteiger partial charge in [0.15, 0.2) is 0 Å². The van der Waals surface area contributed by atoms with E-state index in [0.717, 1.165) is 4.88 Å². The molecule has 3 aromatic rings. The van der Waals surface area contributed by atoms with Crippen LogP contribution in [0.4, 0.5) is 0 Å². The van der Waals surface area contributed by atoms with E-state index >= 15 is 0 Å². The summed E-state index contributed by atoms with van der Waals surface area (Å²) < 4.78 is 35.0. The summed E-state index contributed by atoms with van der Waals surface area (Å²) in [5.41, 5.74) is 2.30. The molecule has 40 heavy (non-hydrogen) atoms. The van der Waals surface area contributed by atoms with Crippen molar-refractivity contribution in [1.29, 1.82) is 0 Å². The SMILES string of the molecule is CC(C)CN(Cc1cncs1)C(=O)CC[C@H](NS(=O)(=O)c1ccc2occc2c1)C(=O)N(CC(C)C)CC(C)C. The number of nitrogens with one attached hydrogen (secondary N) is 1. The summed E-state index contributed by atoms with van der Waals surface area (Å²) in [6, 6.07) is 5.18. The Hall–Kier alpha value is -2.76. The number of hydrogen-bond acceptors (Lipinski definition) is 7. The Bertz CT molecular complexity index is 1340. The first-order chi connectivity index (χ1) is 18.9. The Morgan fingerprint density at radius 1 is 0.975 bits per heavy atom. The maximum absolute atomic E-state index is 13.9. The van der Waals surface area contributed by atoms with Crippen LogP contribution in [0, 0.1) is 17.8 Å². The van der Waals surface area contributed by atoms with Crippen LogP contribution in [0.1, 0.15) is 59.3 Å². The molecule has 2 heterocycles. The average Bonchev–Trinajstić information content (AvgIpc) is 3.55. The van der Waals surface area contributed by atoms with Crippen LogP contribution in [-0.4, -0.2) is 60.7 Å². The van der Waals surface area contributed by atoms with Crippen molar-refractivity contribution in [3.05, 3.63) is 47.1 Å². The van der Waals surface area contributed by atoms with Crippen molar-refractivity contribution in [1.82, 2.24) is 19.5 Å². The van der Waals surface area contributed by atoms with Gasteiger partial charge in [-0.05, 0) is 48.4 Å². The van der Waals surface area contributed by atoms with Crippen LogP contribution in [0.15, 0.2) is 51.5 Å². The lowest BCUT2D eigenvalue weighted by Crippen LogP contribution is -2.50. The Kier molecular flexibility index (Phi) is 11.3. The molecule has 0 fully saturated rings. The number of amides is 2. The molecule has 0 bridgehead atoms. The van der Waals surface area contributed by atoms with Gasteiger partial charge in [0.2, 0.25) is 21.8 Å². The highest BCUT2D eigenvalue weighted by molar-refractivity contribution is 7.89. The fourth-order valence-electron chi connectivity index (χ4n) is 4.59. The maximum Gasteiger partial charge on any atom is 0.241 e. The molecular formula is C29H42N4O5S2. The second-order valence-electron chi connectivity index (χ2n) is 11.5. The van der Waals surface area contributed by atoms with Crippen molar-refractivity contribution in [2.45, 2.75) is 71.9 Å². The van der Waals surface area contributed by atoms with Crippen molar-refractivity contribution >= 4 is 44.1 Å². The first-order valence-corrected chi connectivity index (χ1v) is 16.2. The minimum atomic E-state index is -4.06. The van der Waals surface area contributed by atoms with E-state index in [1.807, 2.05) is 41.5 Å². The fourth-order valence-corrected chi connectivity index (χ4v) is 6.45. The van der Waals surface area contributed by atoms with Crippen LogP contribution in [0.5, 0.6) is 0 Å². The van der Waals surface area contributed by atoms with Crippen LogP contribution in [0.25, 0.3) is 11.0 Å². The van der Waals surface area contributed by atoms with Gasteiger partial charge >= 0.3 is 0 Å². The van der Waals surface area contributed by atoms with Gasteiger partial charge in [0.1, 0.15) is 11.6 Å². The number of fused-ring (bicyclic) bond motifs is 1. The van der Waals surface area contributed by atoms with E-state index in [1.165, 1.54) is 29.7 Å². The zero-order valence-corrected chi connectivity index (χ0v) is 25.9. The van der Waals surface area contributed by atoms with E-state index in [0.29, 0.717) is 37.1 Å². The van der Waals surface area contributed by atoms with Gasteiger partial charge in [0.25, 0.3) is 0 Å². The predicted octanol–water partition coefficient (Wildman–Crippen LogP) is 5.14. The molecular weight excluding hydrogens is 548 g/mol. The lowest BCUT2D eigenvalue weighted by molar-refractivity contribution is -0.135. The van der Waals surface area contributed by atoms with Crippen molar-refractivity contribution in [2.75, 3.05) is 19.6 Å². The van der Waals surface area contributed by atoms with Crippen molar-refractivity contribution in [3.63, 3.8) is 0 Å². The number of furan rings is 1. The summed E-state index contributed by atoms with van der Waals surface area (Å²) in [7, 11) is -4.06. The molecule has 0 aliphatic heterocycles. The average molecular weight is 591 g/mol. The van der Waals surface area contributed by atoms with Crippen LogP contribution < -0.4 is 4.72 Å². The van der Waals surface area contributed by atoms with Crippen LogP contribution in [0.2, 0.25) is 0 Å². The van der Waals surface area contributed by atoms with E-state index in [9.17, 15) is 18.0 Å². The van der Waals surface area contributed by atoms with E-state index in [4.69, 9.17) is 4.42 Å². The third-order valence-electron chi connectivity index (χ3n) is 6.23. The number of thiazole rings is 1. The summed E-state index contributed by atoms with van der Waals surface area (Å²) in [5, 5.41) is 0.648. The molecule has 220 valence electrons. The van der Waals surface area contributed by atoms with Gasteiger partial charge in [-0.15, -0.1) is 11.3 Å². The third-order valence-corrected chi connectivity index (χ3v) is 8.46. The zero-order chi connectivity index (χ0) is 29.4. The number of carbonyl (C=O) groups excluding carboxylic acids is 2. The molecule has 9 nitrogen and oxygen atoms in total. The molecule has 0 aliphatic carbocycles. The second kappa shape index (κ2) is 14.2. The van der Waals surface area contributed by atoms with Gasteiger partial charge < -0.3 is 14.2 Å². The molecule has 1 aromatic carbocycles. The molecule has 1 N–H and O–H groups in total. The number of rotatable bonds is 15. The highest BCUT2D eigenvalue weighted by Gasteiger charge is 2.31. The summed E-state index contributed by atoms with van der Waals surface area (Å²) in [6.45, 7) is 14.1. The second-order valence-corrected chi connectivity index (χ2v) is 14.2. The Balaban J connectivity index is 1.86. The van der Waals surface area contributed by atoms with Gasteiger partial charge in [0, 0.05) is 42.5 Å². The molecule has 0 radical (unpaired) electrons. The number of aromatic nitrogens is 1. The molecule has 0 spiro atoms. The molecule has 0 saturated carbocycles. The molecule has 2 aromatic heterocycles. The van der Waals surface area contributed by atoms with Crippen molar-refractivity contribution in [3.8, 4) is 0 Å². The fraction of sp³-hybridized carbons (Fsp3) is 0.552. The molecule has 0 aliphatic rings. The topological polar surface area (TPSA) is 113 Å². The van der Waals surface area contributed by atoms with Gasteiger partial charge in [-0.25, -0.2) is 8.42 Å². The number of carbonyl (C=O) groups is 2. The lowest BCUT2D eigenvalue weighted by Gasteiger charge is -2.31. The standard InChI is InChI=1S/C29H42N4O5S2/c1-20(2)15-32(18-24-14-30-19-39-24)28(34)10-8-26(29(35)33(16-21(3)4)17-22(5)6)31-40(36,37)25-7-9-27-23(13-25)11-12-38-27/h7,9,11-14,19-22,26,31H,8,10,15-18H2,1-6H3/t26-/m0/s1. The smallest absolute Gasteiger partial charge is 0.241 e. The Labute approximate surface area is 242 Å². The zero-order valence-electron chi connectivity index (χ0n) is 24.3. The van der Waals surface area contributed by atoms with E-state index in [-0.39, 0.29) is 47.3 Å². The Morgan fingerprint density at radius 3 is 2.23 bits per heavy atom. The Morgan fingerprint density at radius 2 is 1.62 bits per heavy atom. The largest absolute Gasteiger partial charge is 0.464 e. The van der Waals surface area contributed by atoms with E-state index in [1.54, 1.807) is 33.6 Å². The molecule has 0 unspecified atom stereocenters. The highest BCUT2D eigenvalue weighted by Crippen LogP contribution is 2.22.